The maximum atomic E-state index is 10.2. The van der Waals surface area contributed by atoms with Crippen LogP contribution in [0.15, 0.2) is 24.5 Å². The van der Waals surface area contributed by atoms with Crippen LogP contribution >= 0.6 is 0 Å². The predicted octanol–water partition coefficient (Wildman–Crippen LogP) is 2.93. The molecule has 0 aromatic carbocycles. The van der Waals surface area contributed by atoms with Gasteiger partial charge in [0, 0.05) is 28.9 Å². The second-order valence-corrected chi connectivity index (χ2v) is 4.27. The van der Waals surface area contributed by atoms with Crippen LogP contribution in [-0.2, 0) is 11.2 Å². The summed E-state index contributed by atoms with van der Waals surface area (Å²) in [6, 6.07) is 3.81. The van der Waals surface area contributed by atoms with Crippen molar-refractivity contribution in [2.45, 2.75) is 32.6 Å². The maximum Gasteiger partial charge on any atom is 0.212 e. The van der Waals surface area contributed by atoms with E-state index in [1.165, 1.54) is 19.3 Å². The van der Waals surface area contributed by atoms with Crippen molar-refractivity contribution >= 4 is 23.0 Å². The van der Waals surface area contributed by atoms with Crippen LogP contribution in [0.2, 0.25) is 0 Å². The maximum absolute atomic E-state index is 10.2. The van der Waals surface area contributed by atoms with Crippen LogP contribution in [0.1, 0.15) is 31.9 Å². The molecule has 3 rings (SSSR count). The Balaban J connectivity index is 0.000000350. The topological polar surface area (TPSA) is 54.9 Å². The molecule has 0 saturated heterocycles. The van der Waals surface area contributed by atoms with E-state index in [-0.39, 0.29) is 0 Å². The molecule has 94 valence electrons. The lowest BCUT2D eigenvalue weighted by molar-refractivity contribution is -0.105. The Labute approximate surface area is 106 Å². The Morgan fingerprint density at radius 3 is 2.44 bits per heavy atom. The summed E-state index contributed by atoms with van der Waals surface area (Å²) in [5, 5.41) is 4.53. The summed E-state index contributed by atoms with van der Waals surface area (Å²) in [7, 11) is 0. The molecular formula is C14H17N3O. The number of rotatable bonds is 3. The number of nitrogens with one attached hydrogen (secondary N) is 1. The van der Waals surface area contributed by atoms with Gasteiger partial charge in [-0.05, 0) is 18.6 Å². The molecule has 4 heteroatoms. The normalized spacial score (nSPS) is 12.5. The number of nitrogens with zero attached hydrogens (tertiary/aromatic N) is 2. The molecular weight excluding hydrogens is 226 g/mol. The molecule has 0 spiro atoms. The van der Waals surface area contributed by atoms with E-state index in [4.69, 9.17) is 0 Å². The third-order valence-corrected chi connectivity index (χ3v) is 2.58. The highest BCUT2D eigenvalue weighted by molar-refractivity contribution is 5.85. The van der Waals surface area contributed by atoms with Gasteiger partial charge < -0.3 is 5.32 Å². The van der Waals surface area contributed by atoms with Crippen LogP contribution in [0, 0.1) is 0 Å². The fraction of sp³-hybridized carbons (Fsp3) is 0.357. The van der Waals surface area contributed by atoms with Crippen molar-refractivity contribution in [3.8, 4) is 0 Å². The Morgan fingerprint density at radius 1 is 1.17 bits per heavy atom. The molecule has 1 N–H and O–H groups in total. The average Bonchev–Trinajstić information content (AvgIpc) is 3.26. The fourth-order valence-electron chi connectivity index (χ4n) is 1.42. The Morgan fingerprint density at radius 2 is 1.83 bits per heavy atom. The zero-order valence-electron chi connectivity index (χ0n) is 10.5. The minimum absolute atomic E-state index is 0.545. The quantitative estimate of drug-likeness (QED) is 0.843. The number of amides is 1. The zero-order chi connectivity index (χ0) is 12.8. The first-order valence-electron chi connectivity index (χ1n) is 6.28. The standard InChI is InChI=1S/C11H11N3O.C3H6/c1-2-10-3-8-6-13-11(14-7-15)4-9(8)5-12-10;1-2-3-1/h3-7H,2H2,1H3,(H,13,14,15);1-3H2. The molecule has 2 aromatic rings. The second kappa shape index (κ2) is 6.10. The van der Waals surface area contributed by atoms with Gasteiger partial charge >= 0.3 is 0 Å². The van der Waals surface area contributed by atoms with Crippen LogP contribution in [0.25, 0.3) is 10.8 Å². The lowest BCUT2D eigenvalue weighted by Gasteiger charge is -2.02. The van der Waals surface area contributed by atoms with E-state index in [1.54, 1.807) is 18.5 Å². The summed E-state index contributed by atoms with van der Waals surface area (Å²) in [4.78, 5) is 18.6. The summed E-state index contributed by atoms with van der Waals surface area (Å²) in [5.41, 5.74) is 1.04. The van der Waals surface area contributed by atoms with Crippen molar-refractivity contribution < 1.29 is 4.79 Å². The van der Waals surface area contributed by atoms with E-state index in [2.05, 4.69) is 22.2 Å². The number of hydrogen-bond acceptors (Lipinski definition) is 3. The van der Waals surface area contributed by atoms with Crippen LogP contribution in [0.4, 0.5) is 5.82 Å². The number of aromatic nitrogens is 2. The SMILES string of the molecule is C1CC1.CCc1cc2cnc(NC=O)cc2cn1. The summed E-state index contributed by atoms with van der Waals surface area (Å²) in [6.07, 6.45) is 9.56. The predicted molar refractivity (Wildman–Crippen MR) is 72.5 cm³/mol. The molecule has 0 radical (unpaired) electrons. The largest absolute Gasteiger partial charge is 0.313 e. The minimum atomic E-state index is 0.545. The van der Waals surface area contributed by atoms with E-state index < -0.39 is 0 Å². The first-order valence-corrected chi connectivity index (χ1v) is 6.28. The van der Waals surface area contributed by atoms with E-state index in [9.17, 15) is 4.79 Å². The monoisotopic (exact) mass is 243 g/mol. The highest BCUT2D eigenvalue weighted by Crippen LogP contribution is 2.16. The van der Waals surface area contributed by atoms with Gasteiger partial charge in [-0.2, -0.15) is 0 Å². The third-order valence-electron chi connectivity index (χ3n) is 2.58. The van der Waals surface area contributed by atoms with E-state index in [1.807, 2.05) is 6.07 Å². The Bertz CT molecular complexity index is 535. The number of fused-ring (bicyclic) bond motifs is 1. The van der Waals surface area contributed by atoms with E-state index in [0.717, 1.165) is 22.9 Å². The van der Waals surface area contributed by atoms with Crippen molar-refractivity contribution in [3.63, 3.8) is 0 Å². The van der Waals surface area contributed by atoms with Crippen molar-refractivity contribution in [1.29, 1.82) is 0 Å². The molecule has 1 saturated carbocycles. The van der Waals surface area contributed by atoms with Crippen LogP contribution in [-0.4, -0.2) is 16.4 Å². The molecule has 0 bridgehead atoms. The van der Waals surface area contributed by atoms with Crippen molar-refractivity contribution in [2.75, 3.05) is 5.32 Å². The lowest BCUT2D eigenvalue weighted by atomic mass is 10.2. The van der Waals surface area contributed by atoms with Crippen LogP contribution < -0.4 is 5.32 Å². The number of anilines is 1. The number of aryl methyl sites for hydroxylation is 1. The molecule has 2 aromatic heterocycles. The molecule has 2 heterocycles. The Hall–Kier alpha value is -1.97. The smallest absolute Gasteiger partial charge is 0.212 e. The van der Waals surface area contributed by atoms with Gasteiger partial charge in [0.15, 0.2) is 0 Å². The Kier molecular flexibility index (Phi) is 4.23. The summed E-state index contributed by atoms with van der Waals surface area (Å²) in [6.45, 7) is 2.06. The van der Waals surface area contributed by atoms with Gasteiger partial charge in [-0.1, -0.05) is 26.2 Å². The second-order valence-electron chi connectivity index (χ2n) is 4.27. The summed E-state index contributed by atoms with van der Waals surface area (Å²) in [5.74, 6) is 0.545. The zero-order valence-corrected chi connectivity index (χ0v) is 10.5. The van der Waals surface area contributed by atoms with Gasteiger partial charge in [-0.3, -0.25) is 9.78 Å². The van der Waals surface area contributed by atoms with Gasteiger partial charge in [-0.25, -0.2) is 4.98 Å². The van der Waals surface area contributed by atoms with Gasteiger partial charge in [0.2, 0.25) is 6.41 Å². The molecule has 0 atom stereocenters. The average molecular weight is 243 g/mol. The first-order chi connectivity index (χ1) is 8.83. The molecule has 1 aliphatic carbocycles. The van der Waals surface area contributed by atoms with Gasteiger partial charge in [-0.15, -0.1) is 0 Å². The number of carbonyl (C=O) groups excluding carboxylic acids is 1. The van der Waals surface area contributed by atoms with Crippen molar-refractivity contribution in [1.82, 2.24) is 9.97 Å². The number of hydrogen-bond donors (Lipinski definition) is 1. The molecule has 0 aliphatic heterocycles. The first kappa shape index (κ1) is 12.5. The molecule has 1 fully saturated rings. The van der Waals surface area contributed by atoms with Gasteiger partial charge in [0.05, 0.1) is 0 Å². The van der Waals surface area contributed by atoms with Crippen molar-refractivity contribution in [3.05, 3.63) is 30.2 Å². The van der Waals surface area contributed by atoms with Crippen molar-refractivity contribution in [2.24, 2.45) is 0 Å². The van der Waals surface area contributed by atoms with Crippen LogP contribution in [0.5, 0.6) is 0 Å². The van der Waals surface area contributed by atoms with Crippen LogP contribution in [0.3, 0.4) is 0 Å². The fourth-order valence-corrected chi connectivity index (χ4v) is 1.42. The highest BCUT2D eigenvalue weighted by atomic mass is 16.1. The van der Waals surface area contributed by atoms with Gasteiger partial charge in [0.1, 0.15) is 5.82 Å². The number of pyridine rings is 2. The summed E-state index contributed by atoms with van der Waals surface area (Å²) >= 11 is 0. The number of carbonyl (C=O) groups is 1. The minimum Gasteiger partial charge on any atom is -0.313 e. The molecule has 4 nitrogen and oxygen atoms in total. The van der Waals surface area contributed by atoms with E-state index in [0.29, 0.717) is 12.2 Å². The third kappa shape index (κ3) is 3.52. The molecule has 1 aliphatic rings. The lowest BCUT2D eigenvalue weighted by Crippen LogP contribution is -1.96. The molecule has 0 unspecified atom stereocenters. The van der Waals surface area contributed by atoms with E-state index >= 15 is 0 Å². The van der Waals surface area contributed by atoms with Gasteiger partial charge in [0.25, 0.3) is 0 Å². The molecule has 18 heavy (non-hydrogen) atoms. The highest BCUT2D eigenvalue weighted by Gasteiger charge is 1.99. The summed E-state index contributed by atoms with van der Waals surface area (Å²) < 4.78 is 0. The molecule has 1 amide bonds.